The van der Waals surface area contributed by atoms with Crippen molar-refractivity contribution >= 4 is 21.8 Å². The van der Waals surface area contributed by atoms with Gasteiger partial charge in [-0.05, 0) is 28.8 Å². The first-order chi connectivity index (χ1) is 10.1. The van der Waals surface area contributed by atoms with Crippen LogP contribution in [0.3, 0.4) is 0 Å². The minimum atomic E-state index is 0.161. The second-order valence-corrected chi connectivity index (χ2v) is 7.11. The van der Waals surface area contributed by atoms with Gasteiger partial charge in [-0.2, -0.15) is 5.10 Å². The average Bonchev–Trinajstić information content (AvgIpc) is 2.74. The number of nitrogens with one attached hydrogen (secondary N) is 1. The van der Waals surface area contributed by atoms with Crippen LogP contribution in [0.4, 0.5) is 0 Å². The van der Waals surface area contributed by atoms with Gasteiger partial charge in [0.05, 0.1) is 22.6 Å². The van der Waals surface area contributed by atoms with E-state index < -0.39 is 0 Å². The summed E-state index contributed by atoms with van der Waals surface area (Å²) in [6.45, 7) is 2.36. The lowest BCUT2D eigenvalue weighted by Crippen LogP contribution is -2.57. The lowest BCUT2D eigenvalue weighted by Gasteiger charge is -2.44. The molecule has 1 N–H and O–H groups in total. The van der Waals surface area contributed by atoms with Crippen LogP contribution in [0.5, 0.6) is 0 Å². The van der Waals surface area contributed by atoms with E-state index >= 15 is 0 Å². The summed E-state index contributed by atoms with van der Waals surface area (Å²) in [5, 5.41) is 7.33. The van der Waals surface area contributed by atoms with Crippen molar-refractivity contribution in [3.63, 3.8) is 0 Å². The fourth-order valence-corrected chi connectivity index (χ4v) is 3.88. The molecule has 0 spiro atoms. The number of amides is 1. The van der Waals surface area contributed by atoms with E-state index in [1.54, 1.807) is 4.68 Å². The molecular formula is C15H23BrN4O. The molecule has 116 valence electrons. The summed E-state index contributed by atoms with van der Waals surface area (Å²) in [4.78, 5) is 14.6. The SMILES string of the molecule is Cn1cc(Br)c(CNC(=O)C2CN(C3CCCCC3)C2)n1. The molecule has 1 aromatic heterocycles. The zero-order chi connectivity index (χ0) is 14.8. The molecule has 1 aromatic rings. The molecule has 1 amide bonds. The first-order valence-corrected chi connectivity index (χ1v) is 8.62. The van der Waals surface area contributed by atoms with Crippen LogP contribution in [-0.4, -0.2) is 39.7 Å². The summed E-state index contributed by atoms with van der Waals surface area (Å²) in [5.74, 6) is 0.328. The molecule has 5 nitrogen and oxygen atoms in total. The summed E-state index contributed by atoms with van der Waals surface area (Å²) in [6, 6.07) is 0.729. The van der Waals surface area contributed by atoms with Crippen LogP contribution in [0.2, 0.25) is 0 Å². The Hall–Kier alpha value is -0.880. The number of rotatable bonds is 4. The number of hydrogen-bond donors (Lipinski definition) is 1. The van der Waals surface area contributed by atoms with E-state index in [0.717, 1.165) is 29.3 Å². The first-order valence-electron chi connectivity index (χ1n) is 7.83. The van der Waals surface area contributed by atoms with Crippen molar-refractivity contribution in [3.8, 4) is 0 Å². The Morgan fingerprint density at radius 2 is 2.10 bits per heavy atom. The molecule has 1 saturated carbocycles. The summed E-state index contributed by atoms with van der Waals surface area (Å²) in [7, 11) is 1.88. The number of likely N-dealkylation sites (tertiary alicyclic amines) is 1. The molecule has 0 aromatic carbocycles. The van der Waals surface area contributed by atoms with Crippen molar-refractivity contribution in [2.75, 3.05) is 13.1 Å². The van der Waals surface area contributed by atoms with Gasteiger partial charge in [-0.25, -0.2) is 0 Å². The van der Waals surface area contributed by atoms with Gasteiger partial charge in [0.25, 0.3) is 0 Å². The van der Waals surface area contributed by atoms with Crippen LogP contribution >= 0.6 is 15.9 Å². The number of carbonyl (C=O) groups is 1. The molecule has 2 heterocycles. The highest BCUT2D eigenvalue weighted by atomic mass is 79.9. The maximum absolute atomic E-state index is 12.2. The number of aromatic nitrogens is 2. The molecule has 0 atom stereocenters. The molecule has 2 aliphatic rings. The lowest BCUT2D eigenvalue weighted by molar-refractivity contribution is -0.131. The average molecular weight is 355 g/mol. The standard InChI is InChI=1S/C15H23BrN4O/c1-19-10-13(16)14(18-19)7-17-15(21)11-8-20(9-11)12-5-3-2-4-6-12/h10-12H,2-9H2,1H3,(H,17,21). The molecule has 6 heteroatoms. The van der Waals surface area contributed by atoms with Gasteiger partial charge in [-0.1, -0.05) is 19.3 Å². The highest BCUT2D eigenvalue weighted by molar-refractivity contribution is 9.10. The third-order valence-electron chi connectivity index (χ3n) is 4.66. The normalized spacial score (nSPS) is 21.2. The van der Waals surface area contributed by atoms with E-state index in [4.69, 9.17) is 0 Å². The van der Waals surface area contributed by atoms with Crippen LogP contribution in [0.1, 0.15) is 37.8 Å². The Morgan fingerprint density at radius 1 is 1.38 bits per heavy atom. The molecule has 0 radical (unpaired) electrons. The fraction of sp³-hybridized carbons (Fsp3) is 0.733. The van der Waals surface area contributed by atoms with Gasteiger partial charge in [0.15, 0.2) is 0 Å². The highest BCUT2D eigenvalue weighted by Crippen LogP contribution is 2.28. The Morgan fingerprint density at radius 3 is 2.71 bits per heavy atom. The number of aryl methyl sites for hydroxylation is 1. The Bertz CT molecular complexity index is 504. The van der Waals surface area contributed by atoms with E-state index in [1.807, 2.05) is 13.2 Å². The second-order valence-electron chi connectivity index (χ2n) is 6.26. The van der Waals surface area contributed by atoms with Crippen molar-refractivity contribution in [2.24, 2.45) is 13.0 Å². The number of nitrogens with zero attached hydrogens (tertiary/aromatic N) is 3. The quantitative estimate of drug-likeness (QED) is 0.900. The van der Waals surface area contributed by atoms with Crippen LogP contribution < -0.4 is 5.32 Å². The van der Waals surface area contributed by atoms with Gasteiger partial charge < -0.3 is 5.32 Å². The monoisotopic (exact) mass is 354 g/mol. The topological polar surface area (TPSA) is 50.2 Å². The third kappa shape index (κ3) is 3.48. The van der Waals surface area contributed by atoms with Gasteiger partial charge in [0.2, 0.25) is 5.91 Å². The number of carbonyl (C=O) groups excluding carboxylic acids is 1. The minimum absolute atomic E-state index is 0.161. The first kappa shape index (κ1) is 15.0. The van der Waals surface area contributed by atoms with E-state index in [0.29, 0.717) is 6.54 Å². The van der Waals surface area contributed by atoms with Crippen LogP contribution in [0, 0.1) is 5.92 Å². The second kappa shape index (κ2) is 6.48. The molecule has 21 heavy (non-hydrogen) atoms. The van der Waals surface area contributed by atoms with Gasteiger partial charge in [-0.3, -0.25) is 14.4 Å². The predicted octanol–water partition coefficient (Wildman–Crippen LogP) is 2.06. The third-order valence-corrected chi connectivity index (χ3v) is 5.32. The largest absolute Gasteiger partial charge is 0.350 e. The molecule has 3 rings (SSSR count). The van der Waals surface area contributed by atoms with Crippen LogP contribution in [0.15, 0.2) is 10.7 Å². The molecule has 1 saturated heterocycles. The molecule has 1 aliphatic heterocycles. The Kier molecular flexibility index (Phi) is 4.64. The maximum Gasteiger partial charge on any atom is 0.226 e. The van der Waals surface area contributed by atoms with Gasteiger partial charge in [0.1, 0.15) is 0 Å². The summed E-state index contributed by atoms with van der Waals surface area (Å²) >= 11 is 3.45. The van der Waals surface area contributed by atoms with Crippen molar-refractivity contribution in [3.05, 3.63) is 16.4 Å². The molecular weight excluding hydrogens is 332 g/mol. The van der Waals surface area contributed by atoms with E-state index in [-0.39, 0.29) is 11.8 Å². The number of hydrogen-bond acceptors (Lipinski definition) is 3. The van der Waals surface area contributed by atoms with Crippen molar-refractivity contribution in [2.45, 2.75) is 44.7 Å². The summed E-state index contributed by atoms with van der Waals surface area (Å²) < 4.78 is 2.70. The van der Waals surface area contributed by atoms with Gasteiger partial charge in [-0.15, -0.1) is 0 Å². The Balaban J connectivity index is 1.42. The van der Waals surface area contributed by atoms with E-state index in [1.165, 1.54) is 32.1 Å². The maximum atomic E-state index is 12.2. The predicted molar refractivity (Wildman–Crippen MR) is 84.7 cm³/mol. The Labute approximate surface area is 134 Å². The zero-order valence-corrected chi connectivity index (χ0v) is 14.1. The summed E-state index contributed by atoms with van der Waals surface area (Å²) in [5.41, 5.74) is 0.884. The van der Waals surface area contributed by atoms with E-state index in [9.17, 15) is 4.79 Å². The minimum Gasteiger partial charge on any atom is -0.350 e. The fourth-order valence-electron chi connectivity index (χ4n) is 3.36. The van der Waals surface area contributed by atoms with Gasteiger partial charge >= 0.3 is 0 Å². The smallest absolute Gasteiger partial charge is 0.226 e. The highest BCUT2D eigenvalue weighted by Gasteiger charge is 2.36. The number of halogens is 1. The molecule has 1 aliphatic carbocycles. The molecule has 2 fully saturated rings. The summed E-state index contributed by atoms with van der Waals surface area (Å²) in [6.07, 6.45) is 8.62. The van der Waals surface area contributed by atoms with Gasteiger partial charge in [0, 0.05) is 32.4 Å². The lowest BCUT2D eigenvalue weighted by atomic mass is 9.89. The van der Waals surface area contributed by atoms with Crippen LogP contribution in [0.25, 0.3) is 0 Å². The van der Waals surface area contributed by atoms with Crippen molar-refractivity contribution in [1.82, 2.24) is 20.0 Å². The molecule has 0 unspecified atom stereocenters. The molecule has 0 bridgehead atoms. The van der Waals surface area contributed by atoms with Crippen molar-refractivity contribution in [1.29, 1.82) is 0 Å². The van der Waals surface area contributed by atoms with E-state index in [2.05, 4.69) is 31.2 Å². The zero-order valence-electron chi connectivity index (χ0n) is 12.5. The van der Waals surface area contributed by atoms with Crippen molar-refractivity contribution < 1.29 is 4.79 Å². The van der Waals surface area contributed by atoms with Crippen LogP contribution in [-0.2, 0) is 18.4 Å².